The van der Waals surface area contributed by atoms with E-state index < -0.39 is 0 Å². The summed E-state index contributed by atoms with van der Waals surface area (Å²) < 4.78 is 1.94. The zero-order valence-electron chi connectivity index (χ0n) is 7.11. The maximum atomic E-state index is 5.68. The van der Waals surface area contributed by atoms with Crippen molar-refractivity contribution < 1.29 is 0 Å². The first-order valence-corrected chi connectivity index (χ1v) is 4.23. The van der Waals surface area contributed by atoms with Crippen LogP contribution < -0.4 is 0 Å². The summed E-state index contributed by atoms with van der Waals surface area (Å²) in [6.45, 7) is 0. The number of aromatic nitrogens is 3. The fourth-order valence-corrected chi connectivity index (χ4v) is 1.27. The van der Waals surface area contributed by atoms with Crippen molar-refractivity contribution in [3.63, 3.8) is 0 Å². The first kappa shape index (κ1) is 8.26. The average molecular weight is 194 g/mol. The molecule has 0 aromatic carbocycles. The van der Waals surface area contributed by atoms with Gasteiger partial charge >= 0.3 is 0 Å². The molecule has 0 N–H and O–H groups in total. The smallest absolute Gasteiger partial charge is 0.129 e. The number of imidazole rings is 1. The Labute approximate surface area is 81.0 Å². The molecule has 2 rings (SSSR count). The first-order valence-electron chi connectivity index (χ1n) is 3.85. The highest BCUT2D eigenvalue weighted by Crippen LogP contribution is 2.17. The van der Waals surface area contributed by atoms with Crippen molar-refractivity contribution in [2.45, 2.75) is 0 Å². The molecule has 0 bridgehead atoms. The Morgan fingerprint density at radius 2 is 2.15 bits per heavy atom. The van der Waals surface area contributed by atoms with Crippen LogP contribution in [0.4, 0.5) is 0 Å². The number of rotatable bonds is 1. The lowest BCUT2D eigenvalue weighted by molar-refractivity contribution is 0.920. The topological polar surface area (TPSA) is 30.7 Å². The van der Waals surface area contributed by atoms with Gasteiger partial charge in [0.25, 0.3) is 0 Å². The van der Waals surface area contributed by atoms with Crippen LogP contribution in [0.3, 0.4) is 0 Å². The van der Waals surface area contributed by atoms with Crippen molar-refractivity contribution in [1.29, 1.82) is 0 Å². The zero-order valence-corrected chi connectivity index (χ0v) is 7.86. The van der Waals surface area contributed by atoms with E-state index in [0.29, 0.717) is 5.15 Å². The molecule has 3 nitrogen and oxygen atoms in total. The summed E-state index contributed by atoms with van der Waals surface area (Å²) >= 11 is 5.68. The van der Waals surface area contributed by atoms with Gasteiger partial charge in [-0.2, -0.15) is 0 Å². The van der Waals surface area contributed by atoms with Crippen LogP contribution in [0, 0.1) is 0 Å². The van der Waals surface area contributed by atoms with Crippen LogP contribution in [0.25, 0.3) is 11.3 Å². The first-order chi connectivity index (χ1) is 6.27. The lowest BCUT2D eigenvalue weighted by Crippen LogP contribution is -1.89. The highest BCUT2D eigenvalue weighted by atomic mass is 35.5. The lowest BCUT2D eigenvalue weighted by Gasteiger charge is -2.00. The van der Waals surface area contributed by atoms with Crippen LogP contribution in [-0.4, -0.2) is 14.5 Å². The Bertz CT molecular complexity index is 405. The molecular weight excluding hydrogens is 186 g/mol. The normalized spacial score (nSPS) is 10.3. The molecule has 2 heterocycles. The van der Waals surface area contributed by atoms with Crippen molar-refractivity contribution >= 4 is 11.6 Å². The summed E-state index contributed by atoms with van der Waals surface area (Å²) in [4.78, 5) is 8.02. The highest BCUT2D eigenvalue weighted by Gasteiger charge is 2.01. The molecule has 0 saturated carbocycles. The lowest BCUT2D eigenvalue weighted by atomic mass is 10.2. The monoisotopic (exact) mass is 193 g/mol. The van der Waals surface area contributed by atoms with Gasteiger partial charge in [-0.3, -0.25) is 0 Å². The molecule has 66 valence electrons. The number of pyridine rings is 1. The number of hydrogen-bond acceptors (Lipinski definition) is 2. The third-order valence-corrected chi connectivity index (χ3v) is 2.06. The molecule has 0 aliphatic heterocycles. The van der Waals surface area contributed by atoms with Crippen LogP contribution in [0.15, 0.2) is 30.9 Å². The number of halogens is 1. The number of nitrogens with zero attached hydrogens (tertiary/aromatic N) is 3. The van der Waals surface area contributed by atoms with Crippen molar-refractivity contribution in [2.24, 2.45) is 7.05 Å². The van der Waals surface area contributed by atoms with Gasteiger partial charge in [0.2, 0.25) is 0 Å². The summed E-state index contributed by atoms with van der Waals surface area (Å²) in [5.74, 6) is 0. The summed E-state index contributed by atoms with van der Waals surface area (Å²) in [6.07, 6.45) is 5.29. The summed E-state index contributed by atoms with van der Waals surface area (Å²) in [5.41, 5.74) is 2.05. The Hall–Kier alpha value is -1.35. The Kier molecular flexibility index (Phi) is 2.02. The van der Waals surface area contributed by atoms with Crippen LogP contribution in [-0.2, 0) is 7.05 Å². The van der Waals surface area contributed by atoms with Crippen molar-refractivity contribution in [3.05, 3.63) is 36.0 Å². The van der Waals surface area contributed by atoms with Crippen LogP contribution in [0.5, 0.6) is 0 Å². The molecule has 2 aromatic heterocycles. The molecule has 2 aromatic rings. The summed E-state index contributed by atoms with van der Waals surface area (Å²) in [7, 11) is 1.94. The van der Waals surface area contributed by atoms with Crippen LogP contribution in [0.2, 0.25) is 5.15 Å². The van der Waals surface area contributed by atoms with Gasteiger partial charge < -0.3 is 4.57 Å². The molecule has 0 aliphatic rings. The zero-order chi connectivity index (χ0) is 9.26. The standard InChI is InChI=1S/C9H8ClN3/c1-13-6-11-5-8(13)7-2-3-9(10)12-4-7/h2-6H,1H3. The second-order valence-electron chi connectivity index (χ2n) is 2.76. The van der Waals surface area contributed by atoms with E-state index >= 15 is 0 Å². The molecule has 4 heteroatoms. The van der Waals surface area contributed by atoms with Gasteiger partial charge in [0.05, 0.1) is 18.2 Å². The van der Waals surface area contributed by atoms with E-state index in [1.54, 1.807) is 24.8 Å². The van der Waals surface area contributed by atoms with Gasteiger partial charge in [0, 0.05) is 18.8 Å². The van der Waals surface area contributed by atoms with Crippen molar-refractivity contribution in [3.8, 4) is 11.3 Å². The van der Waals surface area contributed by atoms with Crippen LogP contribution >= 0.6 is 11.6 Å². The molecule has 0 amide bonds. The van der Waals surface area contributed by atoms with Gasteiger partial charge in [-0.25, -0.2) is 9.97 Å². The minimum absolute atomic E-state index is 0.505. The predicted molar refractivity (Wildman–Crippen MR) is 51.4 cm³/mol. The Balaban J connectivity index is 2.47. The van der Waals surface area contributed by atoms with Crippen LogP contribution in [0.1, 0.15) is 0 Å². The number of aryl methyl sites for hydroxylation is 1. The largest absolute Gasteiger partial charge is 0.334 e. The molecule has 0 unspecified atom stereocenters. The maximum Gasteiger partial charge on any atom is 0.129 e. The minimum Gasteiger partial charge on any atom is -0.334 e. The Morgan fingerprint density at radius 1 is 1.31 bits per heavy atom. The fraction of sp³-hybridized carbons (Fsp3) is 0.111. The van der Waals surface area contributed by atoms with E-state index in [0.717, 1.165) is 11.3 Å². The molecular formula is C9H8ClN3. The summed E-state index contributed by atoms with van der Waals surface area (Å²) in [5, 5.41) is 0.505. The molecule has 0 saturated heterocycles. The van der Waals surface area contributed by atoms with E-state index in [-0.39, 0.29) is 0 Å². The van der Waals surface area contributed by atoms with Gasteiger partial charge in [0.15, 0.2) is 0 Å². The molecule has 0 aliphatic carbocycles. The van der Waals surface area contributed by atoms with E-state index in [1.165, 1.54) is 0 Å². The van der Waals surface area contributed by atoms with Gasteiger partial charge in [-0.1, -0.05) is 11.6 Å². The van der Waals surface area contributed by atoms with Gasteiger partial charge in [-0.15, -0.1) is 0 Å². The summed E-state index contributed by atoms with van der Waals surface area (Å²) in [6, 6.07) is 3.69. The van der Waals surface area contributed by atoms with Crippen molar-refractivity contribution in [2.75, 3.05) is 0 Å². The van der Waals surface area contributed by atoms with E-state index in [2.05, 4.69) is 9.97 Å². The third kappa shape index (κ3) is 1.55. The fourth-order valence-electron chi connectivity index (χ4n) is 1.16. The highest BCUT2D eigenvalue weighted by molar-refractivity contribution is 6.29. The van der Waals surface area contributed by atoms with Gasteiger partial charge in [0.1, 0.15) is 5.15 Å². The average Bonchev–Trinajstić information content (AvgIpc) is 2.53. The molecule has 0 radical (unpaired) electrons. The van der Waals surface area contributed by atoms with E-state index in [4.69, 9.17) is 11.6 Å². The third-order valence-electron chi connectivity index (χ3n) is 1.84. The SMILES string of the molecule is Cn1cncc1-c1ccc(Cl)nc1. The van der Waals surface area contributed by atoms with E-state index in [9.17, 15) is 0 Å². The second-order valence-corrected chi connectivity index (χ2v) is 3.15. The second kappa shape index (κ2) is 3.18. The predicted octanol–water partition coefficient (Wildman–Crippen LogP) is 2.14. The maximum absolute atomic E-state index is 5.68. The molecule has 0 fully saturated rings. The molecule has 0 spiro atoms. The van der Waals surface area contributed by atoms with Crippen molar-refractivity contribution in [1.82, 2.24) is 14.5 Å². The number of hydrogen-bond donors (Lipinski definition) is 0. The van der Waals surface area contributed by atoms with Gasteiger partial charge in [-0.05, 0) is 12.1 Å². The Morgan fingerprint density at radius 3 is 2.69 bits per heavy atom. The minimum atomic E-state index is 0.505. The van der Waals surface area contributed by atoms with E-state index in [1.807, 2.05) is 17.7 Å². The quantitative estimate of drug-likeness (QED) is 0.650. The molecule has 13 heavy (non-hydrogen) atoms. The molecule has 0 atom stereocenters.